The summed E-state index contributed by atoms with van der Waals surface area (Å²) in [6.45, 7) is 7.33. The van der Waals surface area contributed by atoms with Crippen molar-refractivity contribution in [1.82, 2.24) is 9.80 Å². The zero-order valence-electron chi connectivity index (χ0n) is 17.8. The Hall–Kier alpha value is -2.90. The molecule has 31 heavy (non-hydrogen) atoms. The zero-order chi connectivity index (χ0) is 21.4. The highest BCUT2D eigenvalue weighted by atomic mass is 16.7. The molecular formula is C24H27N3O4. The van der Waals surface area contributed by atoms with Gasteiger partial charge in [-0.05, 0) is 48.9 Å². The van der Waals surface area contributed by atoms with Crippen LogP contribution in [0.1, 0.15) is 29.3 Å². The Labute approximate surface area is 182 Å². The first kappa shape index (κ1) is 20.0. The van der Waals surface area contributed by atoms with Crippen molar-refractivity contribution >= 4 is 17.4 Å². The average molecular weight is 421 g/mol. The van der Waals surface area contributed by atoms with E-state index < -0.39 is 0 Å². The second-order valence-corrected chi connectivity index (χ2v) is 8.47. The van der Waals surface area contributed by atoms with Gasteiger partial charge in [-0.3, -0.25) is 19.4 Å². The number of ketones is 1. The fourth-order valence-corrected chi connectivity index (χ4v) is 4.64. The molecule has 1 atom stereocenters. The molecule has 7 heteroatoms. The predicted molar refractivity (Wildman–Crippen MR) is 117 cm³/mol. The highest BCUT2D eigenvalue weighted by Gasteiger charge is 2.35. The first-order valence-corrected chi connectivity index (χ1v) is 10.8. The number of hydrogen-bond donors (Lipinski definition) is 0. The third-order valence-electron chi connectivity index (χ3n) is 6.46. The number of fused-ring (bicyclic) bond motifs is 1. The zero-order valence-corrected chi connectivity index (χ0v) is 17.8. The fourth-order valence-electron chi connectivity index (χ4n) is 4.64. The van der Waals surface area contributed by atoms with Crippen molar-refractivity contribution in [3.8, 4) is 11.5 Å². The van der Waals surface area contributed by atoms with E-state index in [9.17, 15) is 9.59 Å². The van der Waals surface area contributed by atoms with Gasteiger partial charge in [-0.25, -0.2) is 0 Å². The summed E-state index contributed by atoms with van der Waals surface area (Å²) in [7, 11) is 0. The SMILES string of the molecule is CC(=O)c1ccc(N2CC(N3CCN(Cc4ccc5c(c4)OCO5)CC3)CC2=O)cc1. The second kappa shape index (κ2) is 8.32. The number of amides is 1. The maximum Gasteiger partial charge on any atom is 0.231 e. The third-order valence-corrected chi connectivity index (χ3v) is 6.46. The normalized spacial score (nSPS) is 21.6. The Bertz CT molecular complexity index is 983. The summed E-state index contributed by atoms with van der Waals surface area (Å²) < 4.78 is 10.9. The summed E-state index contributed by atoms with van der Waals surface area (Å²) in [5.41, 5.74) is 2.78. The van der Waals surface area contributed by atoms with E-state index in [0.29, 0.717) is 25.3 Å². The summed E-state index contributed by atoms with van der Waals surface area (Å²) in [4.78, 5) is 30.9. The number of Topliss-reactive ketones (excluding diaryl/α,β-unsaturated/α-hetero) is 1. The quantitative estimate of drug-likeness (QED) is 0.692. The van der Waals surface area contributed by atoms with Gasteiger partial charge in [0.05, 0.1) is 0 Å². The van der Waals surface area contributed by atoms with Crippen molar-refractivity contribution in [2.24, 2.45) is 0 Å². The van der Waals surface area contributed by atoms with Gasteiger partial charge in [-0.15, -0.1) is 0 Å². The van der Waals surface area contributed by atoms with Crippen LogP contribution in [0.15, 0.2) is 42.5 Å². The molecule has 0 aliphatic carbocycles. The minimum atomic E-state index is 0.0378. The Morgan fingerprint density at radius 1 is 1.00 bits per heavy atom. The van der Waals surface area contributed by atoms with Gasteiger partial charge in [0, 0.05) is 63.0 Å². The molecule has 0 aromatic heterocycles. The van der Waals surface area contributed by atoms with Crippen LogP contribution in [0, 0.1) is 0 Å². The lowest BCUT2D eigenvalue weighted by molar-refractivity contribution is -0.117. The van der Waals surface area contributed by atoms with Gasteiger partial charge in [0.1, 0.15) is 0 Å². The molecule has 2 fully saturated rings. The Kier molecular flexibility index (Phi) is 5.38. The predicted octanol–water partition coefficient (Wildman–Crippen LogP) is 2.54. The molecule has 7 nitrogen and oxygen atoms in total. The van der Waals surface area contributed by atoms with E-state index in [2.05, 4.69) is 21.9 Å². The lowest BCUT2D eigenvalue weighted by Crippen LogP contribution is -2.50. The van der Waals surface area contributed by atoms with Crippen LogP contribution < -0.4 is 14.4 Å². The highest BCUT2D eigenvalue weighted by Crippen LogP contribution is 2.33. The van der Waals surface area contributed by atoms with Crippen LogP contribution >= 0.6 is 0 Å². The van der Waals surface area contributed by atoms with Crippen LogP contribution in [-0.2, 0) is 11.3 Å². The van der Waals surface area contributed by atoms with Crippen molar-refractivity contribution in [1.29, 1.82) is 0 Å². The summed E-state index contributed by atoms with van der Waals surface area (Å²) in [5, 5.41) is 0. The van der Waals surface area contributed by atoms with Crippen LogP contribution in [0.2, 0.25) is 0 Å². The van der Waals surface area contributed by atoms with E-state index in [0.717, 1.165) is 49.9 Å². The number of hydrogen-bond acceptors (Lipinski definition) is 6. The van der Waals surface area contributed by atoms with Crippen LogP contribution in [0.3, 0.4) is 0 Å². The van der Waals surface area contributed by atoms with Gasteiger partial charge in [-0.2, -0.15) is 0 Å². The van der Waals surface area contributed by atoms with Gasteiger partial charge in [0.15, 0.2) is 17.3 Å². The van der Waals surface area contributed by atoms with Gasteiger partial charge < -0.3 is 14.4 Å². The standard InChI is InChI=1S/C24H27N3O4/c1-17(28)19-3-5-20(6-4-19)27-15-21(13-24(27)29)26-10-8-25(9-11-26)14-18-2-7-22-23(12-18)31-16-30-22/h2-7,12,21H,8-11,13-16H2,1H3. The van der Waals surface area contributed by atoms with E-state index in [1.54, 1.807) is 19.1 Å². The van der Waals surface area contributed by atoms with Gasteiger partial charge >= 0.3 is 0 Å². The third kappa shape index (κ3) is 4.16. The van der Waals surface area contributed by atoms with Crippen molar-refractivity contribution in [3.63, 3.8) is 0 Å². The summed E-state index contributed by atoms with van der Waals surface area (Å²) in [5.74, 6) is 1.84. The molecular weight excluding hydrogens is 394 g/mol. The molecule has 0 saturated carbocycles. The van der Waals surface area contributed by atoms with E-state index >= 15 is 0 Å². The fraction of sp³-hybridized carbons (Fsp3) is 0.417. The van der Waals surface area contributed by atoms with Crippen LogP contribution in [-0.4, -0.2) is 67.0 Å². The topological polar surface area (TPSA) is 62.3 Å². The maximum absolute atomic E-state index is 12.6. The van der Waals surface area contributed by atoms with Crippen molar-refractivity contribution in [2.45, 2.75) is 25.9 Å². The second-order valence-electron chi connectivity index (χ2n) is 8.47. The minimum absolute atomic E-state index is 0.0378. The molecule has 1 unspecified atom stereocenters. The molecule has 3 heterocycles. The van der Waals surface area contributed by atoms with Gasteiger partial charge in [0.25, 0.3) is 0 Å². The Balaban J connectivity index is 1.15. The number of benzene rings is 2. The number of carbonyl (C=O) groups excluding carboxylic acids is 2. The summed E-state index contributed by atoms with van der Waals surface area (Å²) in [6.07, 6.45) is 0.552. The minimum Gasteiger partial charge on any atom is -0.454 e. The van der Waals surface area contributed by atoms with E-state index in [1.165, 1.54) is 5.56 Å². The van der Waals surface area contributed by atoms with E-state index in [1.807, 2.05) is 23.1 Å². The van der Waals surface area contributed by atoms with Crippen molar-refractivity contribution in [2.75, 3.05) is 44.4 Å². The molecule has 2 aromatic rings. The number of anilines is 1. The molecule has 0 spiro atoms. The van der Waals surface area contributed by atoms with E-state index in [4.69, 9.17) is 9.47 Å². The summed E-state index contributed by atoms with van der Waals surface area (Å²) in [6, 6.07) is 13.7. The van der Waals surface area contributed by atoms with E-state index in [-0.39, 0.29) is 17.7 Å². The Morgan fingerprint density at radius 3 is 2.48 bits per heavy atom. The number of carbonyl (C=O) groups is 2. The number of piperazine rings is 1. The number of rotatable bonds is 5. The first-order chi connectivity index (χ1) is 15.1. The molecule has 2 aromatic carbocycles. The first-order valence-electron chi connectivity index (χ1n) is 10.8. The molecule has 5 rings (SSSR count). The molecule has 0 radical (unpaired) electrons. The molecule has 0 bridgehead atoms. The summed E-state index contributed by atoms with van der Waals surface area (Å²) >= 11 is 0. The molecule has 3 aliphatic rings. The lowest BCUT2D eigenvalue weighted by atomic mass is 10.1. The molecule has 1 amide bonds. The highest BCUT2D eigenvalue weighted by molar-refractivity contribution is 5.98. The van der Waals surface area contributed by atoms with Crippen LogP contribution in [0.5, 0.6) is 11.5 Å². The monoisotopic (exact) mass is 421 g/mol. The number of nitrogens with zero attached hydrogens (tertiary/aromatic N) is 3. The van der Waals surface area contributed by atoms with Crippen LogP contribution in [0.25, 0.3) is 0 Å². The van der Waals surface area contributed by atoms with Crippen molar-refractivity contribution < 1.29 is 19.1 Å². The largest absolute Gasteiger partial charge is 0.454 e. The molecule has 3 aliphatic heterocycles. The Morgan fingerprint density at radius 2 is 1.74 bits per heavy atom. The molecule has 162 valence electrons. The molecule has 0 N–H and O–H groups in total. The molecule has 2 saturated heterocycles. The maximum atomic E-state index is 12.6. The lowest BCUT2D eigenvalue weighted by Gasteiger charge is -2.37. The average Bonchev–Trinajstić information content (AvgIpc) is 3.40. The number of ether oxygens (including phenoxy) is 2. The van der Waals surface area contributed by atoms with Gasteiger partial charge in [0.2, 0.25) is 12.7 Å². The van der Waals surface area contributed by atoms with Crippen LogP contribution in [0.4, 0.5) is 5.69 Å². The van der Waals surface area contributed by atoms with Gasteiger partial charge in [-0.1, -0.05) is 6.07 Å². The smallest absolute Gasteiger partial charge is 0.231 e. The van der Waals surface area contributed by atoms with Crippen molar-refractivity contribution in [3.05, 3.63) is 53.6 Å².